The van der Waals surface area contributed by atoms with Crippen molar-refractivity contribution in [2.24, 2.45) is 0 Å². The molecule has 1 aromatic carbocycles. The lowest BCUT2D eigenvalue weighted by atomic mass is 9.97. The molecule has 142 valence electrons. The summed E-state index contributed by atoms with van der Waals surface area (Å²) in [6.45, 7) is 4.61. The zero-order valence-corrected chi connectivity index (χ0v) is 16.2. The van der Waals surface area contributed by atoms with Gasteiger partial charge in [-0.3, -0.25) is 4.79 Å². The number of hydrogen-bond donors (Lipinski definition) is 2. The summed E-state index contributed by atoms with van der Waals surface area (Å²) in [5.74, 6) is 1.11. The van der Waals surface area contributed by atoms with Gasteiger partial charge in [-0.2, -0.15) is 0 Å². The fourth-order valence-electron chi connectivity index (χ4n) is 3.35. The molecular weight excluding hydrogens is 336 g/mol. The van der Waals surface area contributed by atoms with E-state index < -0.39 is 0 Å². The Labute approximate surface area is 161 Å². The van der Waals surface area contributed by atoms with Gasteiger partial charge < -0.3 is 10.6 Å². The molecule has 1 heterocycles. The summed E-state index contributed by atoms with van der Waals surface area (Å²) < 4.78 is 0. The fraction of sp³-hybridized carbons (Fsp3) is 0.409. The first-order valence-electron chi connectivity index (χ1n) is 9.75. The Morgan fingerprint density at radius 1 is 1.19 bits per heavy atom. The number of aryl methyl sites for hydroxylation is 1. The predicted octanol–water partition coefficient (Wildman–Crippen LogP) is 4.58. The van der Waals surface area contributed by atoms with Gasteiger partial charge in [0.25, 0.3) is 5.91 Å². The second-order valence-corrected chi connectivity index (χ2v) is 7.08. The van der Waals surface area contributed by atoms with E-state index in [-0.39, 0.29) is 11.9 Å². The minimum Gasteiger partial charge on any atom is -0.370 e. The molecule has 0 saturated carbocycles. The van der Waals surface area contributed by atoms with Crippen LogP contribution in [0.4, 0.5) is 5.82 Å². The first kappa shape index (κ1) is 19.1. The summed E-state index contributed by atoms with van der Waals surface area (Å²) in [4.78, 5) is 21.3. The van der Waals surface area contributed by atoms with Crippen LogP contribution < -0.4 is 10.6 Å². The number of hydrogen-bond acceptors (Lipinski definition) is 4. The van der Waals surface area contributed by atoms with Crippen LogP contribution >= 0.6 is 0 Å². The van der Waals surface area contributed by atoms with Crippen molar-refractivity contribution in [3.8, 4) is 0 Å². The third-order valence-corrected chi connectivity index (χ3v) is 4.86. The lowest BCUT2D eigenvalue weighted by molar-refractivity contribution is 0.0934. The minimum absolute atomic E-state index is 0.0800. The average Bonchev–Trinajstić information content (AvgIpc) is 2.69. The molecule has 1 aromatic heterocycles. The first-order chi connectivity index (χ1) is 13.1. The van der Waals surface area contributed by atoms with Gasteiger partial charge in [0.05, 0.1) is 6.04 Å². The van der Waals surface area contributed by atoms with Gasteiger partial charge in [0.15, 0.2) is 0 Å². The summed E-state index contributed by atoms with van der Waals surface area (Å²) in [7, 11) is 0. The molecule has 5 heteroatoms. The largest absolute Gasteiger partial charge is 0.370 e. The van der Waals surface area contributed by atoms with Crippen LogP contribution in [-0.2, 0) is 0 Å². The van der Waals surface area contributed by atoms with Crippen LogP contribution in [-0.4, -0.2) is 22.4 Å². The summed E-state index contributed by atoms with van der Waals surface area (Å²) in [5.41, 5.74) is 2.98. The zero-order chi connectivity index (χ0) is 19.1. The molecule has 1 aliphatic carbocycles. The number of amides is 1. The summed E-state index contributed by atoms with van der Waals surface area (Å²) in [6.07, 6.45) is 8.39. The van der Waals surface area contributed by atoms with Gasteiger partial charge in [-0.25, -0.2) is 9.97 Å². The molecule has 1 atom stereocenters. The SMILES string of the molecule is Cc1nc(NCCC2=CCCCC2)cc(C(=O)NC(C)c2ccccc2)n1. The highest BCUT2D eigenvalue weighted by Crippen LogP contribution is 2.20. The van der Waals surface area contributed by atoms with Gasteiger partial charge in [0, 0.05) is 12.6 Å². The van der Waals surface area contributed by atoms with Gasteiger partial charge in [0.1, 0.15) is 17.3 Å². The maximum absolute atomic E-state index is 12.6. The van der Waals surface area contributed by atoms with Gasteiger partial charge in [0.2, 0.25) is 0 Å². The fourth-order valence-corrected chi connectivity index (χ4v) is 3.35. The lowest BCUT2D eigenvalue weighted by Crippen LogP contribution is -2.28. The average molecular weight is 364 g/mol. The van der Waals surface area contributed by atoms with Gasteiger partial charge in [-0.15, -0.1) is 0 Å². The molecule has 0 saturated heterocycles. The maximum Gasteiger partial charge on any atom is 0.270 e. The number of carbonyl (C=O) groups excluding carboxylic acids is 1. The van der Waals surface area contributed by atoms with Crippen molar-refractivity contribution in [2.75, 3.05) is 11.9 Å². The first-order valence-corrected chi connectivity index (χ1v) is 9.75. The van der Waals surface area contributed by atoms with Crippen molar-refractivity contribution in [3.05, 3.63) is 65.1 Å². The molecule has 1 amide bonds. The topological polar surface area (TPSA) is 66.9 Å². The van der Waals surface area contributed by atoms with Crippen molar-refractivity contribution in [1.29, 1.82) is 0 Å². The van der Waals surface area contributed by atoms with E-state index in [1.165, 1.54) is 31.3 Å². The Balaban J connectivity index is 1.60. The lowest BCUT2D eigenvalue weighted by Gasteiger charge is -2.15. The standard InChI is InChI=1S/C22H28N4O/c1-16(19-11-7-4-8-12-19)24-22(27)20-15-21(26-17(2)25-20)23-14-13-18-9-5-3-6-10-18/h4,7-9,11-12,15-16H,3,5-6,10,13-14H2,1-2H3,(H,24,27)(H,23,25,26). The molecule has 0 aliphatic heterocycles. The van der Waals surface area contributed by atoms with Crippen LogP contribution in [0.1, 0.15) is 66.9 Å². The Morgan fingerprint density at radius 2 is 2.00 bits per heavy atom. The number of aromatic nitrogens is 2. The highest BCUT2D eigenvalue weighted by molar-refractivity contribution is 5.93. The van der Waals surface area contributed by atoms with Crippen molar-refractivity contribution in [1.82, 2.24) is 15.3 Å². The van der Waals surface area contributed by atoms with Crippen LogP contribution in [0, 0.1) is 6.92 Å². The number of rotatable bonds is 7. The Bertz CT molecular complexity index is 801. The Hall–Kier alpha value is -2.69. The molecular formula is C22H28N4O. The Morgan fingerprint density at radius 3 is 2.74 bits per heavy atom. The van der Waals surface area contributed by atoms with E-state index in [0.29, 0.717) is 17.3 Å². The van der Waals surface area contributed by atoms with E-state index in [1.807, 2.05) is 44.2 Å². The number of nitrogens with zero attached hydrogens (tertiary/aromatic N) is 2. The second-order valence-electron chi connectivity index (χ2n) is 7.08. The number of nitrogens with one attached hydrogen (secondary N) is 2. The van der Waals surface area contributed by atoms with Crippen LogP contribution in [0.5, 0.6) is 0 Å². The third kappa shape index (κ3) is 5.64. The zero-order valence-electron chi connectivity index (χ0n) is 16.2. The number of benzene rings is 1. The molecule has 0 fully saturated rings. The molecule has 27 heavy (non-hydrogen) atoms. The minimum atomic E-state index is -0.185. The van der Waals surface area contributed by atoms with Crippen LogP contribution in [0.15, 0.2) is 48.0 Å². The Kier molecular flexibility index (Phi) is 6.58. The summed E-state index contributed by atoms with van der Waals surface area (Å²) >= 11 is 0. The van der Waals surface area contributed by atoms with Gasteiger partial charge >= 0.3 is 0 Å². The molecule has 2 N–H and O–H groups in total. The van der Waals surface area contributed by atoms with E-state index in [4.69, 9.17) is 0 Å². The molecule has 3 rings (SSSR count). The summed E-state index contributed by atoms with van der Waals surface area (Å²) in [6, 6.07) is 11.6. The number of anilines is 1. The number of carbonyl (C=O) groups is 1. The van der Waals surface area contributed by atoms with E-state index in [1.54, 1.807) is 6.07 Å². The van der Waals surface area contributed by atoms with Crippen LogP contribution in [0.25, 0.3) is 0 Å². The number of allylic oxidation sites excluding steroid dienone is 1. The molecule has 0 bridgehead atoms. The smallest absolute Gasteiger partial charge is 0.270 e. The maximum atomic E-state index is 12.6. The molecule has 1 aliphatic rings. The van der Waals surface area contributed by atoms with Crippen molar-refractivity contribution in [3.63, 3.8) is 0 Å². The molecule has 0 radical (unpaired) electrons. The summed E-state index contributed by atoms with van der Waals surface area (Å²) in [5, 5.41) is 6.35. The molecule has 1 unspecified atom stereocenters. The van der Waals surface area contributed by atoms with E-state index >= 15 is 0 Å². The van der Waals surface area contributed by atoms with Crippen molar-refractivity contribution < 1.29 is 4.79 Å². The third-order valence-electron chi connectivity index (χ3n) is 4.86. The highest BCUT2D eigenvalue weighted by atomic mass is 16.1. The molecule has 5 nitrogen and oxygen atoms in total. The van der Waals surface area contributed by atoms with E-state index in [9.17, 15) is 4.79 Å². The van der Waals surface area contributed by atoms with Crippen molar-refractivity contribution >= 4 is 11.7 Å². The quantitative estimate of drug-likeness (QED) is 0.706. The highest BCUT2D eigenvalue weighted by Gasteiger charge is 2.14. The van der Waals surface area contributed by atoms with Crippen molar-refractivity contribution in [2.45, 2.75) is 52.0 Å². The predicted molar refractivity (Wildman–Crippen MR) is 109 cm³/mol. The molecule has 0 spiro atoms. The molecule has 2 aromatic rings. The van der Waals surface area contributed by atoms with Gasteiger partial charge in [-0.05, 0) is 51.5 Å². The van der Waals surface area contributed by atoms with Crippen LogP contribution in [0.2, 0.25) is 0 Å². The monoisotopic (exact) mass is 364 g/mol. The second kappa shape index (κ2) is 9.31. The van der Waals surface area contributed by atoms with E-state index in [2.05, 4.69) is 26.7 Å². The van der Waals surface area contributed by atoms with E-state index in [0.717, 1.165) is 18.5 Å². The van der Waals surface area contributed by atoms with Gasteiger partial charge in [-0.1, -0.05) is 42.0 Å². The van der Waals surface area contributed by atoms with Crippen LogP contribution in [0.3, 0.4) is 0 Å². The normalized spacial score (nSPS) is 15.0.